The Labute approximate surface area is 223 Å². The highest BCUT2D eigenvalue weighted by Crippen LogP contribution is 3.02. The van der Waals surface area contributed by atoms with Crippen molar-refractivity contribution in [3.63, 3.8) is 0 Å². The number of anilines is 1. The molecule has 0 spiro atoms. The molecule has 0 radical (unpaired) electrons. The molecule has 1 amide bonds. The van der Waals surface area contributed by atoms with E-state index in [2.05, 4.69) is 10.3 Å². The number of aromatic nitrogens is 1. The molecule has 2 aromatic carbocycles. The molecule has 13 heteroatoms. The van der Waals surface area contributed by atoms with Crippen molar-refractivity contribution in [3.05, 3.63) is 72.4 Å². The Morgan fingerprint density at radius 2 is 1.46 bits per heavy atom. The second kappa shape index (κ2) is 9.47. The quantitative estimate of drug-likeness (QED) is 0.293. The van der Waals surface area contributed by atoms with E-state index in [1.807, 2.05) is 0 Å². The SMILES string of the molecule is CN(C)C(=O)c1ccc(-c2ccc(S(=O)(=O)C3CCC(Nc4ccc(S(F)(F)(F)(F)F)cc4)CC3)cc2)nc1. The van der Waals surface area contributed by atoms with Gasteiger partial charge in [-0.05, 0) is 74.2 Å². The third-order valence-electron chi connectivity index (χ3n) is 6.68. The van der Waals surface area contributed by atoms with Gasteiger partial charge in [-0.1, -0.05) is 31.6 Å². The molecule has 1 saturated carbocycles. The Morgan fingerprint density at radius 1 is 0.872 bits per heavy atom. The summed E-state index contributed by atoms with van der Waals surface area (Å²) >= 11 is 0. The molecule has 212 valence electrons. The number of pyridine rings is 1. The second-order valence-corrected chi connectivity index (χ2v) is 14.4. The van der Waals surface area contributed by atoms with Gasteiger partial charge >= 0.3 is 10.2 Å². The van der Waals surface area contributed by atoms with Crippen LogP contribution >= 0.6 is 10.2 Å². The molecule has 0 atom stereocenters. The Bertz CT molecular complexity index is 1450. The van der Waals surface area contributed by atoms with Crippen molar-refractivity contribution in [2.45, 2.75) is 46.8 Å². The summed E-state index contributed by atoms with van der Waals surface area (Å²) in [5.41, 5.74) is 1.99. The van der Waals surface area contributed by atoms with Gasteiger partial charge < -0.3 is 10.2 Å². The summed E-state index contributed by atoms with van der Waals surface area (Å²) in [7, 11) is -10.1. The van der Waals surface area contributed by atoms with Crippen molar-refractivity contribution in [2.75, 3.05) is 19.4 Å². The number of benzene rings is 2. The van der Waals surface area contributed by atoms with Gasteiger partial charge in [-0.15, -0.1) is 0 Å². The number of amides is 1. The number of nitrogens with zero attached hydrogens (tertiary/aromatic N) is 2. The van der Waals surface area contributed by atoms with Crippen LogP contribution in [0.25, 0.3) is 11.3 Å². The number of halogens is 5. The highest BCUT2D eigenvalue weighted by molar-refractivity contribution is 8.45. The molecule has 1 aromatic heterocycles. The molecule has 0 aliphatic heterocycles. The van der Waals surface area contributed by atoms with Crippen molar-refractivity contribution in [1.29, 1.82) is 0 Å². The summed E-state index contributed by atoms with van der Waals surface area (Å²) in [6.07, 6.45) is 3.05. The van der Waals surface area contributed by atoms with Gasteiger partial charge in [0.25, 0.3) is 5.91 Å². The molecule has 1 aliphatic carbocycles. The molecule has 1 fully saturated rings. The number of carbonyl (C=O) groups excluding carboxylic acids is 1. The minimum atomic E-state index is -9.73. The van der Waals surface area contributed by atoms with E-state index >= 15 is 0 Å². The Morgan fingerprint density at radius 3 is 1.95 bits per heavy atom. The van der Waals surface area contributed by atoms with Gasteiger partial charge in [0.15, 0.2) is 9.84 Å². The third kappa shape index (κ3) is 6.70. The fourth-order valence-electron chi connectivity index (χ4n) is 4.52. The normalized spacial score (nSPS) is 20.0. The van der Waals surface area contributed by atoms with E-state index < -0.39 is 30.2 Å². The first-order chi connectivity index (χ1) is 17.9. The van der Waals surface area contributed by atoms with E-state index in [0.717, 1.165) is 12.1 Å². The summed E-state index contributed by atoms with van der Waals surface area (Å²) < 4.78 is 91.0. The van der Waals surface area contributed by atoms with E-state index in [9.17, 15) is 32.6 Å². The van der Waals surface area contributed by atoms with Gasteiger partial charge in [-0.25, -0.2) is 8.42 Å². The van der Waals surface area contributed by atoms with Crippen molar-refractivity contribution < 1.29 is 32.6 Å². The van der Waals surface area contributed by atoms with Crippen molar-refractivity contribution >= 4 is 31.7 Å². The van der Waals surface area contributed by atoms with E-state index in [1.54, 1.807) is 38.4 Å². The lowest BCUT2D eigenvalue weighted by Gasteiger charge is -2.40. The lowest BCUT2D eigenvalue weighted by Crippen LogP contribution is -2.32. The van der Waals surface area contributed by atoms with E-state index in [-0.39, 0.29) is 22.5 Å². The fraction of sp³-hybridized carbons (Fsp3) is 0.308. The first-order valence-electron chi connectivity index (χ1n) is 12.1. The van der Waals surface area contributed by atoms with Gasteiger partial charge in [-0.2, -0.15) is 0 Å². The molecule has 1 N–H and O–H groups in total. The molecule has 0 unspecified atom stereocenters. The summed E-state index contributed by atoms with van der Waals surface area (Å²) in [5.74, 6) is -0.175. The molecule has 0 saturated heterocycles. The Kier molecular flexibility index (Phi) is 7.00. The van der Waals surface area contributed by atoms with Crippen LogP contribution in [0.4, 0.5) is 25.1 Å². The molecule has 4 rings (SSSR count). The van der Waals surface area contributed by atoms with E-state index in [4.69, 9.17) is 0 Å². The maximum atomic E-state index is 13.2. The predicted molar refractivity (Wildman–Crippen MR) is 142 cm³/mol. The first kappa shape index (κ1) is 28.8. The molecular weight excluding hydrogens is 561 g/mol. The number of nitrogens with one attached hydrogen (secondary N) is 1. The van der Waals surface area contributed by atoms with Gasteiger partial charge in [0.2, 0.25) is 0 Å². The van der Waals surface area contributed by atoms with Crippen molar-refractivity contribution in [1.82, 2.24) is 9.88 Å². The summed E-state index contributed by atoms with van der Waals surface area (Å²) in [4.78, 5) is 16.0. The van der Waals surface area contributed by atoms with Crippen LogP contribution in [0.15, 0.2) is 76.7 Å². The molecule has 3 aromatic rings. The monoisotopic (exact) mass is 589 g/mol. The van der Waals surface area contributed by atoms with Gasteiger partial charge in [0, 0.05) is 37.6 Å². The molecule has 1 heterocycles. The van der Waals surface area contributed by atoms with Crippen LogP contribution in [0, 0.1) is 0 Å². The summed E-state index contributed by atoms with van der Waals surface area (Å²) in [6.45, 7) is 0. The smallest absolute Gasteiger partial charge is 0.310 e. The van der Waals surface area contributed by atoms with E-state index in [1.165, 1.54) is 23.2 Å². The van der Waals surface area contributed by atoms with Crippen LogP contribution in [0.3, 0.4) is 0 Å². The minimum absolute atomic E-state index is 0.175. The minimum Gasteiger partial charge on any atom is -0.382 e. The maximum Gasteiger partial charge on any atom is 0.310 e. The van der Waals surface area contributed by atoms with Crippen LogP contribution < -0.4 is 5.32 Å². The molecule has 0 bridgehead atoms. The van der Waals surface area contributed by atoms with Crippen molar-refractivity contribution in [3.8, 4) is 11.3 Å². The predicted octanol–water partition coefficient (Wildman–Crippen LogP) is 7.30. The van der Waals surface area contributed by atoms with Gasteiger partial charge in [-0.3, -0.25) is 9.78 Å². The zero-order valence-electron chi connectivity index (χ0n) is 21.2. The largest absolute Gasteiger partial charge is 0.382 e. The average molecular weight is 590 g/mol. The standard InChI is InChI=1S/C26H28F5N3O3S2/c1-34(2)26(35)19-5-16-25(32-17-19)18-3-10-22(11-4-18)38(36,37)23-12-6-20(7-13-23)33-21-8-14-24(15-9-21)39(27,28,29,30)31/h3-5,8-11,14-17,20,23,33H,6-7,12-13H2,1-2H3. The zero-order valence-corrected chi connectivity index (χ0v) is 22.8. The highest BCUT2D eigenvalue weighted by atomic mass is 32.5. The van der Waals surface area contributed by atoms with Crippen LogP contribution in [-0.2, 0) is 9.84 Å². The van der Waals surface area contributed by atoms with Crippen LogP contribution in [0.1, 0.15) is 36.0 Å². The number of rotatable bonds is 7. The number of hydrogen-bond donors (Lipinski definition) is 1. The molecule has 1 aliphatic rings. The number of hydrogen-bond acceptors (Lipinski definition) is 5. The molecule has 39 heavy (non-hydrogen) atoms. The Hall–Kier alpha value is -3.19. The maximum absolute atomic E-state index is 13.2. The fourth-order valence-corrected chi connectivity index (χ4v) is 6.96. The highest BCUT2D eigenvalue weighted by Gasteiger charge is 2.65. The topological polar surface area (TPSA) is 79.4 Å². The average Bonchev–Trinajstić information content (AvgIpc) is 2.88. The van der Waals surface area contributed by atoms with Gasteiger partial charge in [0.1, 0.15) is 4.90 Å². The van der Waals surface area contributed by atoms with Gasteiger partial charge in [0.05, 0.1) is 21.4 Å². The lowest BCUT2D eigenvalue weighted by molar-refractivity contribution is 0.0827. The van der Waals surface area contributed by atoms with Crippen LogP contribution in [0.5, 0.6) is 0 Å². The molecule has 6 nitrogen and oxygen atoms in total. The summed E-state index contributed by atoms with van der Waals surface area (Å²) in [6, 6.07) is 12.1. The van der Waals surface area contributed by atoms with Crippen LogP contribution in [0.2, 0.25) is 0 Å². The third-order valence-corrected chi connectivity index (χ3v) is 10.1. The summed E-state index contributed by atoms with van der Waals surface area (Å²) in [5, 5.41) is 2.40. The Balaban J connectivity index is 1.37. The van der Waals surface area contributed by atoms with E-state index in [0.29, 0.717) is 54.6 Å². The zero-order chi connectivity index (χ0) is 28.7. The number of carbonyl (C=O) groups is 1. The molecular formula is C26H28F5N3O3S2. The van der Waals surface area contributed by atoms with Crippen LogP contribution in [-0.4, -0.2) is 49.6 Å². The number of sulfone groups is 1. The lowest BCUT2D eigenvalue weighted by atomic mass is 9.95. The first-order valence-corrected chi connectivity index (χ1v) is 15.6. The van der Waals surface area contributed by atoms with Crippen molar-refractivity contribution in [2.24, 2.45) is 0 Å². The second-order valence-electron chi connectivity index (χ2n) is 9.81.